The number of rotatable bonds is 6. The van der Waals surface area contributed by atoms with Gasteiger partial charge < -0.3 is 19.3 Å². The average molecular weight is 582 g/mol. The molecular weight excluding hydrogens is 546 g/mol. The molecule has 10 nitrogen and oxygen atoms in total. The monoisotopic (exact) mass is 581 g/mol. The van der Waals surface area contributed by atoms with Gasteiger partial charge in [-0.2, -0.15) is 0 Å². The Balaban J connectivity index is 0.889. The van der Waals surface area contributed by atoms with Gasteiger partial charge in [0.25, 0.3) is 5.91 Å². The Morgan fingerprint density at radius 2 is 1.81 bits per heavy atom. The summed E-state index contributed by atoms with van der Waals surface area (Å²) < 4.78 is 12.1. The molecule has 4 fully saturated rings. The molecule has 0 aliphatic carbocycles. The van der Waals surface area contributed by atoms with Crippen molar-refractivity contribution in [1.29, 1.82) is 0 Å². The van der Waals surface area contributed by atoms with Crippen molar-refractivity contribution < 1.29 is 23.9 Å². The third-order valence-corrected chi connectivity index (χ3v) is 9.68. The first-order valence-electron chi connectivity index (χ1n) is 15.4. The maximum absolute atomic E-state index is 13.0. The third-order valence-electron chi connectivity index (χ3n) is 9.68. The van der Waals surface area contributed by atoms with Gasteiger partial charge in [0.1, 0.15) is 23.7 Å². The maximum Gasteiger partial charge on any atom is 0.255 e. The fraction of sp³-hybridized carbons (Fsp3) is 0.455. The second-order valence-electron chi connectivity index (χ2n) is 12.5. The van der Waals surface area contributed by atoms with Crippen LogP contribution in [0.3, 0.4) is 0 Å². The smallest absolute Gasteiger partial charge is 0.255 e. The van der Waals surface area contributed by atoms with Gasteiger partial charge in [0.2, 0.25) is 11.8 Å². The summed E-state index contributed by atoms with van der Waals surface area (Å²) in [6, 6.07) is 16.8. The lowest BCUT2D eigenvalue weighted by Crippen LogP contribution is -2.52. The van der Waals surface area contributed by atoms with Crippen LogP contribution in [0.1, 0.15) is 53.6 Å². The predicted molar refractivity (Wildman–Crippen MR) is 159 cm³/mol. The molecule has 1 N–H and O–H groups in total. The molecule has 6 heterocycles. The maximum atomic E-state index is 13.0. The van der Waals surface area contributed by atoms with Crippen molar-refractivity contribution in [3.05, 3.63) is 65.2 Å². The fourth-order valence-corrected chi connectivity index (χ4v) is 7.52. The van der Waals surface area contributed by atoms with Crippen LogP contribution in [0.15, 0.2) is 48.5 Å². The minimum atomic E-state index is -0.613. The standard InChI is InChI=1S/C33H35N5O5/c39-31-10-8-29(32(40)35-31)37-16-22-14-25(5-6-27(22)33(37)41)43-26-11-12-36(17-26)15-20-1-7-28-21(13-20)2-9-30(34-28)38-23-3-4-24(38)19-42-18-23/h1-2,5-7,9,13-14,23-24,26,29H,3-4,8,10-12,15-19H2,(H,35,39,40)/t23-,24+,26?,29?. The molecule has 5 aliphatic heterocycles. The first kappa shape index (κ1) is 26.6. The molecular formula is C33H35N5O5. The van der Waals surface area contributed by atoms with Gasteiger partial charge in [-0.15, -0.1) is 0 Å². The van der Waals surface area contributed by atoms with Gasteiger partial charge in [-0.25, -0.2) is 4.98 Å². The first-order chi connectivity index (χ1) is 21.0. The normalized spacial score (nSPS) is 27.2. The Kier molecular flexibility index (Phi) is 6.56. The minimum Gasteiger partial charge on any atom is -0.489 e. The molecule has 2 unspecified atom stereocenters. The largest absolute Gasteiger partial charge is 0.489 e. The van der Waals surface area contributed by atoms with Gasteiger partial charge in [-0.1, -0.05) is 6.07 Å². The number of hydrogen-bond acceptors (Lipinski definition) is 8. The highest BCUT2D eigenvalue weighted by molar-refractivity contribution is 6.05. The van der Waals surface area contributed by atoms with Gasteiger partial charge >= 0.3 is 0 Å². The molecule has 1 aromatic heterocycles. The minimum absolute atomic E-state index is 0.0648. The van der Waals surface area contributed by atoms with Gasteiger partial charge in [0.15, 0.2) is 0 Å². The zero-order chi connectivity index (χ0) is 29.1. The second kappa shape index (κ2) is 10.6. The van der Waals surface area contributed by atoms with E-state index in [1.165, 1.54) is 18.4 Å². The Hall–Kier alpha value is -4.02. The Labute approximate surface area is 249 Å². The van der Waals surface area contributed by atoms with Crippen molar-refractivity contribution in [3.63, 3.8) is 0 Å². The van der Waals surface area contributed by atoms with E-state index in [2.05, 4.69) is 45.4 Å². The number of hydrogen-bond donors (Lipinski definition) is 1. The Morgan fingerprint density at radius 1 is 0.953 bits per heavy atom. The van der Waals surface area contributed by atoms with E-state index >= 15 is 0 Å². The van der Waals surface area contributed by atoms with Crippen LogP contribution in [0.4, 0.5) is 5.82 Å². The summed E-state index contributed by atoms with van der Waals surface area (Å²) >= 11 is 0. The lowest BCUT2D eigenvalue weighted by atomic mass is 10.0. The van der Waals surface area contributed by atoms with Crippen molar-refractivity contribution in [1.82, 2.24) is 20.1 Å². The van der Waals surface area contributed by atoms with Crippen molar-refractivity contribution in [2.45, 2.75) is 69.4 Å². The SMILES string of the molecule is O=C1CCC(N2Cc3cc(OC4CCN(Cc5ccc6nc(N7[C@@H]8CC[C@H]7COC8)ccc6c5)C4)ccc3C2=O)C(=O)N1. The number of aromatic nitrogens is 1. The van der Waals surface area contributed by atoms with E-state index in [-0.39, 0.29) is 24.3 Å². The van der Waals surface area contributed by atoms with Crippen LogP contribution < -0.4 is 15.0 Å². The number of imide groups is 1. The molecule has 4 saturated heterocycles. The van der Waals surface area contributed by atoms with Gasteiger partial charge in [-0.05, 0) is 79.3 Å². The van der Waals surface area contributed by atoms with E-state index < -0.39 is 11.9 Å². The summed E-state index contributed by atoms with van der Waals surface area (Å²) in [6.07, 6.45) is 3.96. The fourth-order valence-electron chi connectivity index (χ4n) is 7.52. The van der Waals surface area contributed by atoms with Gasteiger partial charge in [0, 0.05) is 43.5 Å². The number of ether oxygens (including phenoxy) is 2. The number of anilines is 1. The number of fused-ring (bicyclic) bond motifs is 4. The molecule has 4 atom stereocenters. The van der Waals surface area contributed by atoms with Crippen molar-refractivity contribution in [3.8, 4) is 5.75 Å². The van der Waals surface area contributed by atoms with Crippen LogP contribution in [-0.2, 0) is 27.4 Å². The molecule has 2 aromatic carbocycles. The second-order valence-corrected chi connectivity index (χ2v) is 12.5. The number of piperidine rings is 1. The molecule has 3 aromatic rings. The highest BCUT2D eigenvalue weighted by Crippen LogP contribution is 2.34. The van der Waals surface area contributed by atoms with Crippen LogP contribution in [-0.4, -0.2) is 83.0 Å². The number of benzene rings is 2. The molecule has 222 valence electrons. The van der Waals surface area contributed by atoms with Crippen molar-refractivity contribution >= 4 is 34.4 Å². The number of morpholine rings is 1. The van der Waals surface area contributed by atoms with Gasteiger partial charge in [-0.3, -0.25) is 24.6 Å². The van der Waals surface area contributed by atoms with E-state index in [1.807, 2.05) is 12.1 Å². The number of nitrogens with one attached hydrogen (secondary N) is 1. The summed E-state index contributed by atoms with van der Waals surface area (Å²) in [4.78, 5) is 48.4. The quantitative estimate of drug-likeness (QED) is 0.443. The molecule has 0 spiro atoms. The van der Waals surface area contributed by atoms with Crippen LogP contribution in [0, 0.1) is 0 Å². The lowest BCUT2D eigenvalue weighted by Gasteiger charge is -2.35. The highest BCUT2D eigenvalue weighted by atomic mass is 16.5. The van der Waals surface area contributed by atoms with Crippen molar-refractivity contribution in [2.24, 2.45) is 0 Å². The number of pyridine rings is 1. The number of carbonyl (C=O) groups excluding carboxylic acids is 3. The molecule has 0 saturated carbocycles. The van der Waals surface area contributed by atoms with E-state index in [9.17, 15) is 14.4 Å². The topological polar surface area (TPSA) is 104 Å². The highest BCUT2D eigenvalue weighted by Gasteiger charge is 2.40. The molecule has 2 bridgehead atoms. The number of carbonyl (C=O) groups is 3. The Bertz CT molecular complexity index is 1610. The molecule has 0 radical (unpaired) electrons. The molecule has 5 aliphatic rings. The van der Waals surface area contributed by atoms with E-state index in [4.69, 9.17) is 14.5 Å². The van der Waals surface area contributed by atoms with Gasteiger partial charge in [0.05, 0.1) is 30.8 Å². The summed E-state index contributed by atoms with van der Waals surface area (Å²) in [7, 11) is 0. The average Bonchev–Trinajstić information content (AvgIpc) is 3.65. The van der Waals surface area contributed by atoms with E-state index in [1.54, 1.807) is 11.0 Å². The summed E-state index contributed by atoms with van der Waals surface area (Å²) in [6.45, 7) is 4.57. The third kappa shape index (κ3) is 4.92. The number of likely N-dealkylation sites (tertiary alicyclic amines) is 1. The van der Waals surface area contributed by atoms with E-state index in [0.29, 0.717) is 30.6 Å². The van der Waals surface area contributed by atoms with Crippen LogP contribution in [0.25, 0.3) is 10.9 Å². The van der Waals surface area contributed by atoms with E-state index in [0.717, 1.165) is 67.3 Å². The zero-order valence-electron chi connectivity index (χ0n) is 24.0. The summed E-state index contributed by atoms with van der Waals surface area (Å²) in [5, 5.41) is 3.51. The van der Waals surface area contributed by atoms with Crippen LogP contribution >= 0.6 is 0 Å². The number of amides is 3. The summed E-state index contributed by atoms with van der Waals surface area (Å²) in [5.41, 5.74) is 3.75. The zero-order valence-corrected chi connectivity index (χ0v) is 24.0. The first-order valence-corrected chi connectivity index (χ1v) is 15.4. The lowest BCUT2D eigenvalue weighted by molar-refractivity contribution is -0.136. The van der Waals surface area contributed by atoms with Crippen LogP contribution in [0.5, 0.6) is 5.75 Å². The van der Waals surface area contributed by atoms with Crippen LogP contribution in [0.2, 0.25) is 0 Å². The Morgan fingerprint density at radius 3 is 2.65 bits per heavy atom. The summed E-state index contributed by atoms with van der Waals surface area (Å²) in [5.74, 6) is 0.957. The predicted octanol–water partition coefficient (Wildman–Crippen LogP) is 3.02. The van der Waals surface area contributed by atoms with Crippen molar-refractivity contribution in [2.75, 3.05) is 31.2 Å². The molecule has 43 heavy (non-hydrogen) atoms. The number of nitrogens with zero attached hydrogens (tertiary/aromatic N) is 4. The molecule has 3 amide bonds. The molecule has 8 rings (SSSR count). The molecule has 10 heteroatoms.